The van der Waals surface area contributed by atoms with Crippen molar-refractivity contribution in [1.82, 2.24) is 4.98 Å². The second kappa shape index (κ2) is 4.58. The molecule has 0 fully saturated rings. The van der Waals surface area contributed by atoms with Crippen molar-refractivity contribution in [3.05, 3.63) is 46.0 Å². The molecule has 94 valence electrons. The number of hydrogen-bond acceptors (Lipinski definition) is 5. The maximum atomic E-state index is 10.9. The van der Waals surface area contributed by atoms with Crippen molar-refractivity contribution in [3.8, 4) is 11.3 Å². The molecule has 1 atom stereocenters. The van der Waals surface area contributed by atoms with Crippen LogP contribution < -0.4 is 5.73 Å². The van der Waals surface area contributed by atoms with Gasteiger partial charge in [-0.05, 0) is 13.8 Å². The van der Waals surface area contributed by atoms with Crippen LogP contribution in [0.25, 0.3) is 11.3 Å². The van der Waals surface area contributed by atoms with Gasteiger partial charge >= 0.3 is 0 Å². The smallest absolute Gasteiger partial charge is 0.273 e. The number of nitro groups is 1. The van der Waals surface area contributed by atoms with Crippen LogP contribution in [0.15, 0.2) is 28.8 Å². The summed E-state index contributed by atoms with van der Waals surface area (Å²) in [5.41, 5.74) is 6.93. The molecule has 0 radical (unpaired) electrons. The molecule has 0 aliphatic heterocycles. The Labute approximate surface area is 104 Å². The van der Waals surface area contributed by atoms with E-state index >= 15 is 0 Å². The lowest BCUT2D eigenvalue weighted by atomic mass is 10.1. The predicted octanol–water partition coefficient (Wildman–Crippen LogP) is 2.58. The zero-order valence-corrected chi connectivity index (χ0v) is 10.1. The van der Waals surface area contributed by atoms with Crippen molar-refractivity contribution < 1.29 is 9.34 Å². The second-order valence-corrected chi connectivity index (χ2v) is 4.11. The maximum Gasteiger partial charge on any atom is 0.273 e. The molecule has 0 amide bonds. The largest absolute Gasteiger partial charge is 0.439 e. The van der Waals surface area contributed by atoms with Crippen LogP contribution in [0.4, 0.5) is 5.69 Å². The first-order valence-electron chi connectivity index (χ1n) is 5.45. The third-order valence-corrected chi connectivity index (χ3v) is 2.60. The van der Waals surface area contributed by atoms with Gasteiger partial charge in [0.05, 0.1) is 17.2 Å². The molecule has 1 unspecified atom stereocenters. The zero-order valence-electron chi connectivity index (χ0n) is 10.1. The van der Waals surface area contributed by atoms with Gasteiger partial charge in [-0.15, -0.1) is 0 Å². The molecule has 0 aliphatic carbocycles. The highest BCUT2D eigenvalue weighted by Crippen LogP contribution is 2.28. The van der Waals surface area contributed by atoms with Crippen LogP contribution >= 0.6 is 0 Å². The van der Waals surface area contributed by atoms with Gasteiger partial charge in [0.25, 0.3) is 5.69 Å². The highest BCUT2D eigenvalue weighted by atomic mass is 16.6. The topological polar surface area (TPSA) is 95.2 Å². The third-order valence-electron chi connectivity index (χ3n) is 2.60. The molecule has 6 nitrogen and oxygen atoms in total. The summed E-state index contributed by atoms with van der Waals surface area (Å²) in [6, 6.07) is 4.61. The summed E-state index contributed by atoms with van der Waals surface area (Å²) in [5.74, 6) is 0.888. The SMILES string of the molecule is Cc1ccc(-c2cnc(C(C)N)o2)cc1[N+](=O)[O-]. The molecule has 2 aromatic rings. The van der Waals surface area contributed by atoms with E-state index in [1.807, 2.05) is 0 Å². The number of nitrogens with two attached hydrogens (primary N) is 1. The van der Waals surface area contributed by atoms with Gasteiger partial charge in [-0.1, -0.05) is 12.1 Å². The normalized spacial score (nSPS) is 12.4. The third kappa shape index (κ3) is 2.23. The summed E-state index contributed by atoms with van der Waals surface area (Å²) < 4.78 is 5.45. The molecule has 0 bridgehead atoms. The van der Waals surface area contributed by atoms with Crippen molar-refractivity contribution in [3.63, 3.8) is 0 Å². The van der Waals surface area contributed by atoms with E-state index in [1.165, 1.54) is 12.3 Å². The molecule has 1 heterocycles. The standard InChI is InChI=1S/C12H13N3O3/c1-7-3-4-9(5-10(7)15(16)17)11-6-14-12(18-11)8(2)13/h3-6,8H,13H2,1-2H3. The van der Waals surface area contributed by atoms with E-state index < -0.39 is 4.92 Å². The Hall–Kier alpha value is -2.21. The van der Waals surface area contributed by atoms with E-state index in [4.69, 9.17) is 10.2 Å². The highest BCUT2D eigenvalue weighted by Gasteiger charge is 2.15. The van der Waals surface area contributed by atoms with E-state index in [0.717, 1.165) is 0 Å². The summed E-state index contributed by atoms with van der Waals surface area (Å²) in [4.78, 5) is 14.5. The van der Waals surface area contributed by atoms with Gasteiger partial charge in [0.1, 0.15) is 0 Å². The lowest BCUT2D eigenvalue weighted by Gasteiger charge is -2.00. The Morgan fingerprint density at radius 3 is 2.78 bits per heavy atom. The number of rotatable bonds is 3. The van der Waals surface area contributed by atoms with Gasteiger partial charge in [0, 0.05) is 17.2 Å². The molecule has 0 spiro atoms. The Balaban J connectivity index is 2.44. The molecule has 6 heteroatoms. The van der Waals surface area contributed by atoms with Gasteiger partial charge in [-0.25, -0.2) is 4.98 Å². The number of benzene rings is 1. The average Bonchev–Trinajstić information content (AvgIpc) is 2.78. The summed E-state index contributed by atoms with van der Waals surface area (Å²) >= 11 is 0. The van der Waals surface area contributed by atoms with Crippen molar-refractivity contribution >= 4 is 5.69 Å². The molecule has 2 N–H and O–H groups in total. The van der Waals surface area contributed by atoms with Crippen LogP contribution in [0.3, 0.4) is 0 Å². The Kier molecular flexibility index (Phi) is 3.12. The summed E-state index contributed by atoms with van der Waals surface area (Å²) in [6.45, 7) is 3.45. The van der Waals surface area contributed by atoms with Gasteiger partial charge in [0.2, 0.25) is 5.89 Å². The zero-order chi connectivity index (χ0) is 13.3. The number of oxazole rings is 1. The number of hydrogen-bond donors (Lipinski definition) is 1. The number of aromatic nitrogens is 1. The molecule has 1 aromatic carbocycles. The summed E-state index contributed by atoms with van der Waals surface area (Å²) in [7, 11) is 0. The minimum Gasteiger partial charge on any atom is -0.439 e. The average molecular weight is 247 g/mol. The Morgan fingerprint density at radius 1 is 1.50 bits per heavy atom. The second-order valence-electron chi connectivity index (χ2n) is 4.11. The summed E-state index contributed by atoms with van der Waals surface area (Å²) in [5, 5.41) is 10.9. The van der Waals surface area contributed by atoms with Crippen LogP contribution in [-0.2, 0) is 0 Å². The minimum absolute atomic E-state index is 0.0613. The fraction of sp³-hybridized carbons (Fsp3) is 0.250. The quantitative estimate of drug-likeness (QED) is 0.664. The fourth-order valence-electron chi connectivity index (χ4n) is 1.59. The maximum absolute atomic E-state index is 10.9. The Morgan fingerprint density at radius 2 is 2.22 bits per heavy atom. The van der Waals surface area contributed by atoms with Crippen LogP contribution in [0.5, 0.6) is 0 Å². The summed E-state index contributed by atoms with van der Waals surface area (Å²) in [6.07, 6.45) is 1.52. The van der Waals surface area contributed by atoms with Crippen LogP contribution in [0.2, 0.25) is 0 Å². The lowest BCUT2D eigenvalue weighted by molar-refractivity contribution is -0.385. The van der Waals surface area contributed by atoms with Crippen molar-refractivity contribution in [2.24, 2.45) is 5.73 Å². The minimum atomic E-state index is -0.415. The highest BCUT2D eigenvalue weighted by molar-refractivity contribution is 5.62. The van der Waals surface area contributed by atoms with Gasteiger partial charge in [-0.2, -0.15) is 0 Å². The fourth-order valence-corrected chi connectivity index (χ4v) is 1.59. The van der Waals surface area contributed by atoms with Crippen molar-refractivity contribution in [2.75, 3.05) is 0 Å². The predicted molar refractivity (Wildman–Crippen MR) is 65.9 cm³/mol. The van der Waals surface area contributed by atoms with E-state index in [2.05, 4.69) is 4.98 Å². The molecule has 0 saturated carbocycles. The van der Waals surface area contributed by atoms with Crippen LogP contribution in [0.1, 0.15) is 24.4 Å². The molecule has 0 saturated heterocycles. The van der Waals surface area contributed by atoms with E-state index in [9.17, 15) is 10.1 Å². The van der Waals surface area contributed by atoms with Gasteiger partial charge in [-0.3, -0.25) is 10.1 Å². The monoisotopic (exact) mass is 247 g/mol. The van der Waals surface area contributed by atoms with Gasteiger partial charge < -0.3 is 10.2 Å². The first-order valence-corrected chi connectivity index (χ1v) is 5.45. The number of nitro benzene ring substituents is 1. The van der Waals surface area contributed by atoms with E-state index in [-0.39, 0.29) is 11.7 Å². The van der Waals surface area contributed by atoms with E-state index in [1.54, 1.807) is 26.0 Å². The van der Waals surface area contributed by atoms with Crippen molar-refractivity contribution in [1.29, 1.82) is 0 Å². The number of nitrogens with zero attached hydrogens (tertiary/aromatic N) is 2. The Bertz CT molecular complexity index is 590. The van der Waals surface area contributed by atoms with Crippen LogP contribution in [-0.4, -0.2) is 9.91 Å². The van der Waals surface area contributed by atoms with Crippen LogP contribution in [0, 0.1) is 17.0 Å². The van der Waals surface area contributed by atoms with Crippen molar-refractivity contribution in [2.45, 2.75) is 19.9 Å². The molecular formula is C12H13N3O3. The van der Waals surface area contributed by atoms with Gasteiger partial charge in [0.15, 0.2) is 5.76 Å². The molecule has 18 heavy (non-hydrogen) atoms. The first kappa shape index (κ1) is 12.3. The lowest BCUT2D eigenvalue weighted by Crippen LogP contribution is -2.04. The van der Waals surface area contributed by atoms with E-state index in [0.29, 0.717) is 22.8 Å². The molecule has 1 aromatic heterocycles. The molecule has 2 rings (SSSR count). The first-order chi connectivity index (χ1) is 8.49. The number of aryl methyl sites for hydroxylation is 1. The molecule has 0 aliphatic rings. The molecular weight excluding hydrogens is 234 g/mol.